The van der Waals surface area contributed by atoms with E-state index in [0.717, 1.165) is 6.42 Å². The van der Waals surface area contributed by atoms with Crippen molar-refractivity contribution in [3.63, 3.8) is 0 Å². The molecule has 0 amide bonds. The minimum atomic E-state index is -2.29. The summed E-state index contributed by atoms with van der Waals surface area (Å²) in [6.07, 6.45) is 8.64. The van der Waals surface area contributed by atoms with Crippen LogP contribution in [0.3, 0.4) is 0 Å². The Hall–Kier alpha value is 0.279. The fourth-order valence-corrected chi connectivity index (χ4v) is 16.4. The molecule has 0 N–H and O–H groups in total. The number of hydrogen-bond acceptors (Lipinski definition) is 2. The van der Waals surface area contributed by atoms with Crippen LogP contribution in [0.2, 0.25) is 13.3 Å². The summed E-state index contributed by atoms with van der Waals surface area (Å²) in [4.78, 5) is 0. The van der Waals surface area contributed by atoms with Crippen LogP contribution in [0.4, 0.5) is 0 Å². The van der Waals surface area contributed by atoms with Crippen molar-refractivity contribution in [3.05, 3.63) is 0 Å². The van der Waals surface area contributed by atoms with Crippen LogP contribution in [0.15, 0.2) is 0 Å². The maximum absolute atomic E-state index is 5.64. The van der Waals surface area contributed by atoms with Crippen molar-refractivity contribution in [1.82, 2.24) is 0 Å². The van der Waals surface area contributed by atoms with Gasteiger partial charge in [0, 0.05) is 0 Å². The van der Waals surface area contributed by atoms with E-state index >= 15 is 0 Å². The first-order valence-corrected chi connectivity index (χ1v) is 17.4. The maximum atomic E-state index is 5.64. The molecule has 23 heavy (non-hydrogen) atoms. The molecule has 0 rings (SSSR count). The van der Waals surface area contributed by atoms with E-state index in [1.54, 1.807) is 0 Å². The van der Waals surface area contributed by atoms with E-state index in [9.17, 15) is 0 Å². The molecule has 0 bridgehead atoms. The molecule has 0 fully saturated rings. The molecule has 2 nitrogen and oxygen atoms in total. The van der Waals surface area contributed by atoms with Crippen LogP contribution in [0, 0.1) is 9.86 Å². The Morgan fingerprint density at radius 2 is 1.17 bits per heavy atom. The van der Waals surface area contributed by atoms with Gasteiger partial charge in [0.05, 0.1) is 0 Å². The molecule has 0 heterocycles. The van der Waals surface area contributed by atoms with E-state index in [2.05, 4.69) is 30.6 Å². The number of unbranched alkanes of at least 4 members (excludes halogenated alkanes) is 3. The molecule has 0 aromatic heterocycles. The third-order valence-electron chi connectivity index (χ3n) is 4.35. The molecule has 0 radical (unpaired) electrons. The zero-order chi connectivity index (χ0) is 17.4. The molecule has 0 aromatic carbocycles. The first kappa shape index (κ1) is 23.3. The van der Waals surface area contributed by atoms with Crippen LogP contribution in [-0.4, -0.2) is 37.9 Å². The van der Waals surface area contributed by atoms with E-state index < -0.39 is 18.4 Å². The fourth-order valence-electron chi connectivity index (χ4n) is 2.97. The average molecular weight is 431 g/mol. The van der Waals surface area contributed by atoms with Crippen LogP contribution in [0.1, 0.15) is 79.6 Å². The summed E-state index contributed by atoms with van der Waals surface area (Å²) in [7, 11) is 0. The first-order valence-electron chi connectivity index (χ1n) is 9.91. The molecule has 0 aromatic rings. The molecule has 136 valence electrons. The first-order chi connectivity index (χ1) is 11.2. The normalized spacial score (nSPS) is 11.6. The van der Waals surface area contributed by atoms with Crippen LogP contribution < -0.4 is 0 Å². The van der Waals surface area contributed by atoms with Gasteiger partial charge in [-0.3, -0.25) is 0 Å². The Balaban J connectivity index is 4.95. The Kier molecular flexibility index (Phi) is 16.0. The molecule has 0 saturated heterocycles. The Bertz CT molecular complexity index is 292. The third-order valence-corrected chi connectivity index (χ3v) is 17.6. The molecule has 3 heteroatoms. The summed E-state index contributed by atoms with van der Waals surface area (Å²) in [5, 5.41) is 0. The summed E-state index contributed by atoms with van der Waals surface area (Å²) in [5.74, 6) is 3.52. The van der Waals surface area contributed by atoms with Crippen molar-refractivity contribution in [3.8, 4) is 9.86 Å². The van der Waals surface area contributed by atoms with Crippen molar-refractivity contribution >= 4 is 18.4 Å². The Morgan fingerprint density at radius 1 is 0.739 bits per heavy atom. The van der Waals surface area contributed by atoms with Gasteiger partial charge in [-0.1, -0.05) is 0 Å². The van der Waals surface area contributed by atoms with Crippen molar-refractivity contribution in [2.24, 2.45) is 0 Å². The van der Waals surface area contributed by atoms with Gasteiger partial charge in [0.2, 0.25) is 0 Å². The minimum absolute atomic E-state index is 0.134. The summed E-state index contributed by atoms with van der Waals surface area (Å²) in [5.41, 5.74) is 0. The number of hydrogen-bond donors (Lipinski definition) is 0. The summed E-state index contributed by atoms with van der Waals surface area (Å²) >= 11 is -2.29. The predicted octanol–water partition coefficient (Wildman–Crippen LogP) is 6.17. The molecule has 0 unspecified atom stereocenters. The second-order valence-electron chi connectivity index (χ2n) is 6.44. The standard InChI is InChI=1S/C8H13O2.3C4H9.Sn/c1-4-7-8(9-5-2)10-6-3;3*1-3-4-2;/h8H,5-7H2,2-3H3;3*1,3-4H2,2H3;. The van der Waals surface area contributed by atoms with Gasteiger partial charge >= 0.3 is 150 Å². The SMILES string of the molecule is CCC[CH2][Sn]([C]#CCC(OCC)OCC)([CH2]CCC)[CH2]CCC. The quantitative estimate of drug-likeness (QED) is 0.186. The van der Waals surface area contributed by atoms with Crippen molar-refractivity contribution in [2.45, 2.75) is 99.2 Å². The van der Waals surface area contributed by atoms with Crippen molar-refractivity contribution < 1.29 is 9.47 Å². The molecule has 0 saturated carbocycles. The molecule has 0 aliphatic rings. The third kappa shape index (κ3) is 11.5. The van der Waals surface area contributed by atoms with E-state index in [0.29, 0.717) is 13.2 Å². The Morgan fingerprint density at radius 3 is 1.52 bits per heavy atom. The van der Waals surface area contributed by atoms with Gasteiger partial charge in [-0.2, -0.15) is 0 Å². The zero-order valence-electron chi connectivity index (χ0n) is 16.4. The van der Waals surface area contributed by atoms with Gasteiger partial charge in [0.1, 0.15) is 0 Å². The molecular weight excluding hydrogens is 391 g/mol. The van der Waals surface area contributed by atoms with Crippen LogP contribution in [0.5, 0.6) is 0 Å². The van der Waals surface area contributed by atoms with Crippen LogP contribution in [0.25, 0.3) is 0 Å². The van der Waals surface area contributed by atoms with Crippen molar-refractivity contribution in [1.29, 1.82) is 0 Å². The molecule has 0 spiro atoms. The summed E-state index contributed by atoms with van der Waals surface area (Å²) in [6, 6.07) is 0. The number of ether oxygens (including phenoxy) is 2. The van der Waals surface area contributed by atoms with Gasteiger partial charge in [-0.15, -0.1) is 0 Å². The van der Waals surface area contributed by atoms with Crippen molar-refractivity contribution in [2.75, 3.05) is 13.2 Å². The second kappa shape index (κ2) is 15.8. The molecule has 0 atom stereocenters. The number of rotatable bonds is 14. The van der Waals surface area contributed by atoms with Gasteiger partial charge in [-0.05, 0) is 0 Å². The molecule has 0 aliphatic heterocycles. The van der Waals surface area contributed by atoms with Gasteiger partial charge in [-0.25, -0.2) is 0 Å². The fraction of sp³-hybridized carbons (Fsp3) is 0.900. The predicted molar refractivity (Wildman–Crippen MR) is 104 cm³/mol. The van der Waals surface area contributed by atoms with Crippen LogP contribution in [-0.2, 0) is 9.47 Å². The Labute approximate surface area is 150 Å². The zero-order valence-corrected chi connectivity index (χ0v) is 19.2. The van der Waals surface area contributed by atoms with Gasteiger partial charge in [0.25, 0.3) is 0 Å². The van der Waals surface area contributed by atoms with E-state index in [4.69, 9.17) is 9.47 Å². The van der Waals surface area contributed by atoms with E-state index in [1.807, 2.05) is 13.8 Å². The average Bonchev–Trinajstić information content (AvgIpc) is 2.56. The van der Waals surface area contributed by atoms with Gasteiger partial charge < -0.3 is 0 Å². The van der Waals surface area contributed by atoms with Gasteiger partial charge in [0.15, 0.2) is 0 Å². The summed E-state index contributed by atoms with van der Waals surface area (Å²) in [6.45, 7) is 12.4. The second-order valence-corrected chi connectivity index (χ2v) is 18.7. The topological polar surface area (TPSA) is 18.5 Å². The summed E-state index contributed by atoms with van der Waals surface area (Å²) < 4.78 is 19.5. The monoisotopic (exact) mass is 432 g/mol. The molecule has 0 aliphatic carbocycles. The van der Waals surface area contributed by atoms with Crippen LogP contribution >= 0.6 is 0 Å². The van der Waals surface area contributed by atoms with E-state index in [-0.39, 0.29) is 6.29 Å². The molecular formula is C20H40O2Sn. The van der Waals surface area contributed by atoms with E-state index in [1.165, 1.54) is 51.8 Å².